The number of hydrogen-bond donors (Lipinski definition) is 0. The van der Waals surface area contributed by atoms with E-state index in [1.54, 1.807) is 0 Å². The van der Waals surface area contributed by atoms with Gasteiger partial charge in [0.05, 0.1) is 11.8 Å². The first-order valence-corrected chi connectivity index (χ1v) is 3.13. The molecule has 0 spiro atoms. The molecular weight excluding hydrogens is 190 g/mol. The van der Waals surface area contributed by atoms with Crippen LogP contribution < -0.4 is 0 Å². The Kier molecular flexibility index (Phi) is 2.31. The molecule has 1 heterocycles. The maximum atomic E-state index is 12.5. The van der Waals surface area contributed by atoms with Gasteiger partial charge in [-0.3, -0.25) is 9.78 Å². The van der Waals surface area contributed by atoms with Crippen molar-refractivity contribution < 1.29 is 22.4 Å². The first-order valence-electron chi connectivity index (χ1n) is 3.13. The van der Waals surface area contributed by atoms with E-state index in [2.05, 4.69) is 4.98 Å². The molecular formula is C7H3F4NO. The first kappa shape index (κ1) is 9.63. The standard InChI is InChI=1S/C7H3F4NO/c8-6-2-12-4(3-13)1-5(6)7(9,10)11/h1-3H. The third-order valence-corrected chi connectivity index (χ3v) is 1.30. The van der Waals surface area contributed by atoms with Gasteiger partial charge in [0.15, 0.2) is 12.1 Å². The van der Waals surface area contributed by atoms with Crippen LogP contribution in [0, 0.1) is 5.82 Å². The van der Waals surface area contributed by atoms with Crippen molar-refractivity contribution in [2.24, 2.45) is 0 Å². The summed E-state index contributed by atoms with van der Waals surface area (Å²) < 4.78 is 48.4. The molecule has 1 aromatic rings. The largest absolute Gasteiger partial charge is 0.419 e. The van der Waals surface area contributed by atoms with E-state index >= 15 is 0 Å². The monoisotopic (exact) mass is 193 g/mol. The molecule has 0 atom stereocenters. The number of carbonyl (C=O) groups excluding carboxylic acids is 1. The molecule has 13 heavy (non-hydrogen) atoms. The van der Waals surface area contributed by atoms with E-state index in [9.17, 15) is 22.4 Å². The third kappa shape index (κ3) is 2.01. The highest BCUT2D eigenvalue weighted by Crippen LogP contribution is 2.30. The Balaban J connectivity index is 3.27. The molecule has 0 aliphatic rings. The fraction of sp³-hybridized carbons (Fsp3) is 0.143. The van der Waals surface area contributed by atoms with E-state index in [1.807, 2.05) is 0 Å². The summed E-state index contributed by atoms with van der Waals surface area (Å²) in [5.74, 6) is -1.49. The van der Waals surface area contributed by atoms with Gasteiger partial charge in [0.2, 0.25) is 0 Å². The highest BCUT2D eigenvalue weighted by molar-refractivity contribution is 5.71. The topological polar surface area (TPSA) is 30.0 Å². The van der Waals surface area contributed by atoms with Crippen LogP contribution in [0.15, 0.2) is 12.3 Å². The Labute approximate surface area is 70.2 Å². The van der Waals surface area contributed by atoms with Gasteiger partial charge >= 0.3 is 6.18 Å². The molecule has 0 aliphatic carbocycles. The molecule has 0 amide bonds. The lowest BCUT2D eigenvalue weighted by Crippen LogP contribution is -2.09. The van der Waals surface area contributed by atoms with Crippen molar-refractivity contribution in [3.05, 3.63) is 29.3 Å². The second-order valence-electron chi connectivity index (χ2n) is 2.20. The molecule has 0 radical (unpaired) electrons. The molecule has 0 saturated heterocycles. The Hall–Kier alpha value is -1.46. The lowest BCUT2D eigenvalue weighted by atomic mass is 10.2. The number of alkyl halides is 3. The van der Waals surface area contributed by atoms with E-state index in [0.29, 0.717) is 12.3 Å². The number of pyridine rings is 1. The van der Waals surface area contributed by atoms with Crippen molar-refractivity contribution in [1.82, 2.24) is 4.98 Å². The number of rotatable bonds is 1. The normalized spacial score (nSPS) is 11.4. The maximum Gasteiger partial charge on any atom is 0.419 e. The van der Waals surface area contributed by atoms with Crippen LogP contribution in [0.4, 0.5) is 17.6 Å². The minimum atomic E-state index is -4.80. The van der Waals surface area contributed by atoms with Crippen LogP contribution in [0.1, 0.15) is 16.1 Å². The average Bonchev–Trinajstić information content (AvgIpc) is 2.03. The molecule has 0 aromatic carbocycles. The second kappa shape index (κ2) is 3.12. The molecule has 1 aromatic heterocycles. The summed E-state index contributed by atoms with van der Waals surface area (Å²) in [6.07, 6.45) is -4.31. The summed E-state index contributed by atoms with van der Waals surface area (Å²) in [6, 6.07) is 0.363. The SMILES string of the molecule is O=Cc1cc(C(F)(F)F)c(F)cn1. The molecule has 0 unspecified atom stereocenters. The number of halogens is 4. The maximum absolute atomic E-state index is 12.5. The third-order valence-electron chi connectivity index (χ3n) is 1.30. The molecule has 6 heteroatoms. The van der Waals surface area contributed by atoms with Gasteiger partial charge in [-0.05, 0) is 6.07 Å². The molecule has 0 fully saturated rings. The van der Waals surface area contributed by atoms with Gasteiger partial charge in [-0.2, -0.15) is 13.2 Å². The van der Waals surface area contributed by atoms with Crippen LogP contribution in [0.2, 0.25) is 0 Å². The molecule has 1 rings (SSSR count). The van der Waals surface area contributed by atoms with E-state index in [-0.39, 0.29) is 6.29 Å². The Morgan fingerprint density at radius 1 is 1.38 bits per heavy atom. The van der Waals surface area contributed by atoms with Gasteiger partial charge in [-0.25, -0.2) is 4.39 Å². The summed E-state index contributed by atoms with van der Waals surface area (Å²) in [4.78, 5) is 13.2. The van der Waals surface area contributed by atoms with Crippen LogP contribution >= 0.6 is 0 Å². The zero-order valence-corrected chi connectivity index (χ0v) is 6.10. The fourth-order valence-electron chi connectivity index (χ4n) is 0.737. The summed E-state index contributed by atoms with van der Waals surface area (Å²) in [5, 5.41) is 0. The van der Waals surface area contributed by atoms with E-state index in [4.69, 9.17) is 0 Å². The molecule has 0 saturated carbocycles. The van der Waals surface area contributed by atoms with Crippen LogP contribution in [-0.2, 0) is 6.18 Å². The molecule has 0 bridgehead atoms. The van der Waals surface area contributed by atoms with Crippen LogP contribution in [-0.4, -0.2) is 11.3 Å². The Morgan fingerprint density at radius 3 is 2.46 bits per heavy atom. The number of aldehydes is 1. The van der Waals surface area contributed by atoms with Gasteiger partial charge in [-0.15, -0.1) is 0 Å². The average molecular weight is 193 g/mol. The van der Waals surface area contributed by atoms with Crippen LogP contribution in [0.5, 0.6) is 0 Å². The van der Waals surface area contributed by atoms with Gasteiger partial charge < -0.3 is 0 Å². The predicted octanol–water partition coefficient (Wildman–Crippen LogP) is 2.05. The summed E-state index contributed by atoms with van der Waals surface area (Å²) in [7, 11) is 0. The smallest absolute Gasteiger partial charge is 0.296 e. The molecule has 70 valence electrons. The zero-order chi connectivity index (χ0) is 10.1. The Morgan fingerprint density at radius 2 is 2.00 bits per heavy atom. The predicted molar refractivity (Wildman–Crippen MR) is 34.6 cm³/mol. The molecule has 0 N–H and O–H groups in total. The number of aromatic nitrogens is 1. The summed E-state index contributed by atoms with van der Waals surface area (Å²) >= 11 is 0. The second-order valence-corrected chi connectivity index (χ2v) is 2.20. The number of hydrogen-bond acceptors (Lipinski definition) is 2. The summed E-state index contributed by atoms with van der Waals surface area (Å²) in [6.45, 7) is 0. The fourth-order valence-corrected chi connectivity index (χ4v) is 0.737. The zero-order valence-electron chi connectivity index (χ0n) is 6.10. The lowest BCUT2D eigenvalue weighted by Gasteiger charge is -2.06. The van der Waals surface area contributed by atoms with E-state index < -0.39 is 23.3 Å². The Bertz CT molecular complexity index is 334. The number of carbonyl (C=O) groups is 1. The van der Waals surface area contributed by atoms with Crippen LogP contribution in [0.3, 0.4) is 0 Å². The van der Waals surface area contributed by atoms with Gasteiger partial charge in [0.1, 0.15) is 5.69 Å². The quantitative estimate of drug-likeness (QED) is 0.504. The van der Waals surface area contributed by atoms with Crippen molar-refractivity contribution in [2.75, 3.05) is 0 Å². The van der Waals surface area contributed by atoms with Crippen molar-refractivity contribution in [3.8, 4) is 0 Å². The van der Waals surface area contributed by atoms with Crippen molar-refractivity contribution in [3.63, 3.8) is 0 Å². The van der Waals surface area contributed by atoms with Crippen molar-refractivity contribution in [2.45, 2.75) is 6.18 Å². The van der Waals surface area contributed by atoms with Gasteiger partial charge in [0.25, 0.3) is 0 Å². The lowest BCUT2D eigenvalue weighted by molar-refractivity contribution is -0.140. The highest BCUT2D eigenvalue weighted by Gasteiger charge is 2.34. The van der Waals surface area contributed by atoms with Crippen molar-refractivity contribution >= 4 is 6.29 Å². The van der Waals surface area contributed by atoms with E-state index in [1.165, 1.54) is 0 Å². The first-order chi connectivity index (χ1) is 5.95. The summed E-state index contributed by atoms with van der Waals surface area (Å²) in [5.41, 5.74) is -1.93. The van der Waals surface area contributed by atoms with Gasteiger partial charge in [-0.1, -0.05) is 0 Å². The minimum absolute atomic E-state index is 0.120. The number of nitrogens with zero attached hydrogens (tertiary/aromatic N) is 1. The van der Waals surface area contributed by atoms with E-state index in [0.717, 1.165) is 0 Å². The molecule has 2 nitrogen and oxygen atoms in total. The van der Waals surface area contributed by atoms with Crippen LogP contribution in [0.25, 0.3) is 0 Å². The highest BCUT2D eigenvalue weighted by atomic mass is 19.4. The van der Waals surface area contributed by atoms with Gasteiger partial charge in [0, 0.05) is 0 Å². The molecule has 0 aliphatic heterocycles. The van der Waals surface area contributed by atoms with Crippen molar-refractivity contribution in [1.29, 1.82) is 0 Å². The minimum Gasteiger partial charge on any atom is -0.296 e.